The minimum atomic E-state index is -0.545. The molecule has 0 aliphatic heterocycles. The number of nitro groups is 1. The lowest BCUT2D eigenvalue weighted by atomic mass is 10.1. The summed E-state index contributed by atoms with van der Waals surface area (Å²) in [6.45, 7) is 3.12. The third-order valence-corrected chi connectivity index (χ3v) is 3.58. The van der Waals surface area contributed by atoms with Gasteiger partial charge < -0.3 is 5.32 Å². The summed E-state index contributed by atoms with van der Waals surface area (Å²) in [6, 6.07) is 14.4. The van der Waals surface area contributed by atoms with Crippen molar-refractivity contribution >= 4 is 23.5 Å². The molecule has 2 aromatic carbocycles. The number of hydrogen-bond acceptors (Lipinski definition) is 4. The van der Waals surface area contributed by atoms with Crippen LogP contribution in [0.2, 0.25) is 0 Å². The van der Waals surface area contributed by atoms with Gasteiger partial charge in [0.15, 0.2) is 0 Å². The molecule has 0 heterocycles. The lowest BCUT2D eigenvalue weighted by Crippen LogP contribution is -2.00. The van der Waals surface area contributed by atoms with Gasteiger partial charge >= 0.3 is 0 Å². The smallest absolute Gasteiger partial charge is 0.287 e. The predicted molar refractivity (Wildman–Crippen MR) is 96.6 cm³/mol. The standard InChI is InChI=1S/C19H19N3O2/c1-2-3-12-21-18-9-6-15(7-10-18)4-5-16-8-11-19(22(23)24)17(13-16)14-20/h4-11,13,21H,2-3,12H2,1H3. The largest absolute Gasteiger partial charge is 0.385 e. The van der Waals surface area contributed by atoms with E-state index in [-0.39, 0.29) is 11.3 Å². The van der Waals surface area contributed by atoms with E-state index in [0.717, 1.165) is 36.2 Å². The van der Waals surface area contributed by atoms with Gasteiger partial charge in [-0.05, 0) is 41.8 Å². The maximum absolute atomic E-state index is 10.8. The van der Waals surface area contributed by atoms with Gasteiger partial charge in [-0.2, -0.15) is 5.26 Å². The van der Waals surface area contributed by atoms with Gasteiger partial charge in [0, 0.05) is 18.3 Å². The average Bonchev–Trinajstić information content (AvgIpc) is 2.60. The molecule has 2 aromatic rings. The highest BCUT2D eigenvalue weighted by Crippen LogP contribution is 2.20. The number of anilines is 1. The molecular weight excluding hydrogens is 302 g/mol. The molecule has 0 fully saturated rings. The zero-order valence-electron chi connectivity index (χ0n) is 13.5. The molecule has 0 saturated carbocycles. The van der Waals surface area contributed by atoms with E-state index in [0.29, 0.717) is 0 Å². The molecule has 0 aromatic heterocycles. The Morgan fingerprint density at radius 3 is 2.46 bits per heavy atom. The van der Waals surface area contributed by atoms with Crippen molar-refractivity contribution < 1.29 is 4.92 Å². The number of rotatable bonds is 7. The summed E-state index contributed by atoms with van der Waals surface area (Å²) in [5.41, 5.74) is 2.76. The lowest BCUT2D eigenvalue weighted by molar-refractivity contribution is -0.385. The number of hydrogen-bond donors (Lipinski definition) is 1. The highest BCUT2D eigenvalue weighted by atomic mass is 16.6. The van der Waals surface area contributed by atoms with Crippen LogP contribution in [0.15, 0.2) is 42.5 Å². The molecule has 0 saturated heterocycles. The Balaban J connectivity index is 2.08. The Hall–Kier alpha value is -3.13. The first kappa shape index (κ1) is 17.2. The van der Waals surface area contributed by atoms with Crippen molar-refractivity contribution in [2.45, 2.75) is 19.8 Å². The molecule has 122 valence electrons. The van der Waals surface area contributed by atoms with E-state index in [4.69, 9.17) is 5.26 Å². The van der Waals surface area contributed by atoms with Gasteiger partial charge in [0.05, 0.1) is 4.92 Å². The number of nitrogens with zero attached hydrogens (tertiary/aromatic N) is 2. The number of unbranched alkanes of at least 4 members (excludes halogenated alkanes) is 1. The molecule has 5 heteroatoms. The van der Waals surface area contributed by atoms with Crippen LogP contribution in [0.1, 0.15) is 36.5 Å². The van der Waals surface area contributed by atoms with E-state index < -0.39 is 4.92 Å². The van der Waals surface area contributed by atoms with E-state index in [1.807, 2.05) is 42.5 Å². The molecule has 0 bridgehead atoms. The molecule has 0 radical (unpaired) electrons. The zero-order valence-corrected chi connectivity index (χ0v) is 13.5. The van der Waals surface area contributed by atoms with Crippen molar-refractivity contribution in [1.29, 1.82) is 5.26 Å². The van der Waals surface area contributed by atoms with Crippen molar-refractivity contribution in [2.75, 3.05) is 11.9 Å². The molecule has 0 atom stereocenters. The van der Waals surface area contributed by atoms with Crippen LogP contribution < -0.4 is 5.32 Å². The van der Waals surface area contributed by atoms with Gasteiger partial charge in [-0.1, -0.05) is 37.6 Å². The summed E-state index contributed by atoms with van der Waals surface area (Å²) in [4.78, 5) is 10.3. The van der Waals surface area contributed by atoms with Crippen LogP contribution in [-0.2, 0) is 0 Å². The molecule has 0 spiro atoms. The second-order valence-electron chi connectivity index (χ2n) is 5.38. The fourth-order valence-electron chi connectivity index (χ4n) is 2.22. The van der Waals surface area contributed by atoms with Crippen LogP contribution in [0, 0.1) is 21.4 Å². The van der Waals surface area contributed by atoms with Crippen molar-refractivity contribution in [3.63, 3.8) is 0 Å². The maximum atomic E-state index is 10.8. The maximum Gasteiger partial charge on any atom is 0.287 e. The van der Waals surface area contributed by atoms with E-state index in [1.165, 1.54) is 12.1 Å². The van der Waals surface area contributed by atoms with Gasteiger partial charge in [-0.15, -0.1) is 0 Å². The van der Waals surface area contributed by atoms with E-state index in [2.05, 4.69) is 12.2 Å². The summed E-state index contributed by atoms with van der Waals surface area (Å²) >= 11 is 0. The first-order chi connectivity index (χ1) is 11.6. The highest BCUT2D eigenvalue weighted by Gasteiger charge is 2.12. The van der Waals surface area contributed by atoms with Crippen molar-refractivity contribution in [1.82, 2.24) is 0 Å². The zero-order chi connectivity index (χ0) is 17.4. The van der Waals surface area contributed by atoms with E-state index in [9.17, 15) is 10.1 Å². The Morgan fingerprint density at radius 1 is 1.17 bits per heavy atom. The van der Waals surface area contributed by atoms with Crippen LogP contribution in [0.25, 0.3) is 12.2 Å². The highest BCUT2D eigenvalue weighted by molar-refractivity contribution is 5.72. The van der Waals surface area contributed by atoms with Crippen LogP contribution in [0.3, 0.4) is 0 Å². The second kappa shape index (κ2) is 8.49. The molecule has 0 unspecified atom stereocenters. The Kier molecular flexibility index (Phi) is 6.09. The second-order valence-corrected chi connectivity index (χ2v) is 5.38. The predicted octanol–water partition coefficient (Wildman–Crippen LogP) is 4.85. The van der Waals surface area contributed by atoms with Crippen LogP contribution in [0.4, 0.5) is 11.4 Å². The first-order valence-corrected chi connectivity index (χ1v) is 7.84. The fraction of sp³-hybridized carbons (Fsp3) is 0.211. The Bertz CT molecular complexity index is 774. The molecule has 2 rings (SSSR count). The number of benzene rings is 2. The van der Waals surface area contributed by atoms with E-state index in [1.54, 1.807) is 6.07 Å². The molecule has 0 aliphatic rings. The van der Waals surface area contributed by atoms with Gasteiger partial charge in [0.25, 0.3) is 5.69 Å². The number of nitriles is 1. The third kappa shape index (κ3) is 4.68. The van der Waals surface area contributed by atoms with Crippen LogP contribution in [-0.4, -0.2) is 11.5 Å². The molecule has 5 nitrogen and oxygen atoms in total. The topological polar surface area (TPSA) is 79.0 Å². The Labute approximate surface area is 141 Å². The number of nitro benzene ring substituents is 1. The third-order valence-electron chi connectivity index (χ3n) is 3.58. The number of nitrogens with one attached hydrogen (secondary N) is 1. The van der Waals surface area contributed by atoms with Crippen LogP contribution in [0.5, 0.6) is 0 Å². The summed E-state index contributed by atoms with van der Waals surface area (Å²) in [6.07, 6.45) is 6.05. The summed E-state index contributed by atoms with van der Waals surface area (Å²) < 4.78 is 0. The van der Waals surface area contributed by atoms with Gasteiger partial charge in [-0.3, -0.25) is 10.1 Å². The van der Waals surface area contributed by atoms with Gasteiger partial charge in [0.2, 0.25) is 0 Å². The molecule has 0 amide bonds. The molecule has 1 N–H and O–H groups in total. The van der Waals surface area contributed by atoms with Gasteiger partial charge in [-0.25, -0.2) is 0 Å². The van der Waals surface area contributed by atoms with Crippen LogP contribution >= 0.6 is 0 Å². The SMILES string of the molecule is CCCCNc1ccc(C=Cc2ccc([N+](=O)[O-])c(C#N)c2)cc1. The fourth-order valence-corrected chi connectivity index (χ4v) is 2.22. The van der Waals surface area contributed by atoms with Crippen molar-refractivity contribution in [2.24, 2.45) is 0 Å². The monoisotopic (exact) mass is 321 g/mol. The summed E-state index contributed by atoms with van der Waals surface area (Å²) in [7, 11) is 0. The minimum Gasteiger partial charge on any atom is -0.385 e. The average molecular weight is 321 g/mol. The van der Waals surface area contributed by atoms with Crippen molar-refractivity contribution in [3.05, 3.63) is 69.3 Å². The molecule has 24 heavy (non-hydrogen) atoms. The lowest BCUT2D eigenvalue weighted by Gasteiger charge is -2.05. The van der Waals surface area contributed by atoms with E-state index >= 15 is 0 Å². The Morgan fingerprint density at radius 2 is 1.83 bits per heavy atom. The summed E-state index contributed by atoms with van der Waals surface area (Å²) in [5.74, 6) is 0. The normalized spacial score (nSPS) is 10.5. The van der Waals surface area contributed by atoms with Gasteiger partial charge in [0.1, 0.15) is 11.6 Å². The quantitative estimate of drug-likeness (QED) is 0.342. The van der Waals surface area contributed by atoms with Crippen molar-refractivity contribution in [3.8, 4) is 6.07 Å². The minimum absolute atomic E-state index is 0.0672. The molecule has 0 aliphatic carbocycles. The first-order valence-electron chi connectivity index (χ1n) is 7.84. The summed E-state index contributed by atoms with van der Waals surface area (Å²) in [5, 5.41) is 23.2. The molecular formula is C19H19N3O2.